The number of aromatic amines is 1. The van der Waals surface area contributed by atoms with Crippen molar-refractivity contribution in [2.75, 3.05) is 4.72 Å². The lowest BCUT2D eigenvalue weighted by Crippen LogP contribution is -2.12. The molecule has 0 bridgehead atoms. The molecule has 0 unspecified atom stereocenters. The molecule has 0 atom stereocenters. The van der Waals surface area contributed by atoms with Crippen LogP contribution in [0.25, 0.3) is 11.0 Å². The number of nitrogens with zero attached hydrogens (tertiary/aromatic N) is 1. The van der Waals surface area contributed by atoms with Crippen LogP contribution in [0.5, 0.6) is 0 Å². The standard InChI is InChI=1S/C14H13N3O3S/c18-9-10-3-1-4-11(7-10)17-21(19,20)13-8-16-14-12(13)5-2-6-15-14/h1-8,17-18H,9H2,(H,15,16). The van der Waals surface area contributed by atoms with Crippen LogP contribution in [0.2, 0.25) is 0 Å². The first-order chi connectivity index (χ1) is 10.1. The Hall–Kier alpha value is -2.38. The number of aliphatic hydroxyl groups is 1. The predicted octanol–water partition coefficient (Wildman–Crippen LogP) is 1.86. The molecule has 0 aliphatic rings. The topological polar surface area (TPSA) is 95.1 Å². The number of nitrogens with one attached hydrogen (secondary N) is 2. The summed E-state index contributed by atoms with van der Waals surface area (Å²) in [4.78, 5) is 7.04. The Morgan fingerprint density at radius 1 is 1.24 bits per heavy atom. The minimum Gasteiger partial charge on any atom is -0.392 e. The second kappa shape index (κ2) is 5.19. The molecule has 108 valence electrons. The van der Waals surface area contributed by atoms with E-state index in [1.54, 1.807) is 42.6 Å². The maximum Gasteiger partial charge on any atom is 0.264 e. The molecule has 0 amide bonds. The van der Waals surface area contributed by atoms with Crippen LogP contribution in [0.1, 0.15) is 5.56 Å². The third-order valence-corrected chi connectivity index (χ3v) is 4.49. The Balaban J connectivity index is 2.00. The molecule has 0 fully saturated rings. The van der Waals surface area contributed by atoms with Gasteiger partial charge in [-0.05, 0) is 29.8 Å². The second-order valence-corrected chi connectivity index (χ2v) is 6.17. The number of aliphatic hydroxyl groups excluding tert-OH is 1. The van der Waals surface area contributed by atoms with E-state index in [-0.39, 0.29) is 11.5 Å². The maximum atomic E-state index is 12.5. The molecule has 21 heavy (non-hydrogen) atoms. The zero-order valence-corrected chi connectivity index (χ0v) is 11.8. The number of hydrogen-bond acceptors (Lipinski definition) is 4. The fourth-order valence-corrected chi connectivity index (χ4v) is 3.31. The highest BCUT2D eigenvalue weighted by atomic mass is 32.2. The fourth-order valence-electron chi connectivity index (χ4n) is 2.10. The van der Waals surface area contributed by atoms with Gasteiger partial charge in [-0.2, -0.15) is 0 Å². The molecule has 3 aromatic rings. The fraction of sp³-hybridized carbons (Fsp3) is 0.0714. The zero-order valence-electron chi connectivity index (χ0n) is 10.9. The van der Waals surface area contributed by atoms with E-state index in [0.717, 1.165) is 0 Å². The van der Waals surface area contributed by atoms with E-state index in [0.29, 0.717) is 22.3 Å². The number of H-pyrrole nitrogens is 1. The van der Waals surface area contributed by atoms with Gasteiger partial charge in [-0.1, -0.05) is 12.1 Å². The number of aromatic nitrogens is 2. The van der Waals surface area contributed by atoms with Crippen molar-refractivity contribution in [1.29, 1.82) is 0 Å². The van der Waals surface area contributed by atoms with Gasteiger partial charge >= 0.3 is 0 Å². The summed E-state index contributed by atoms with van der Waals surface area (Å²) < 4.78 is 27.4. The molecule has 2 heterocycles. The minimum atomic E-state index is -3.72. The lowest BCUT2D eigenvalue weighted by atomic mass is 10.2. The number of hydrogen-bond donors (Lipinski definition) is 3. The summed E-state index contributed by atoms with van der Waals surface area (Å²) in [5, 5.41) is 9.63. The molecule has 0 spiro atoms. The van der Waals surface area contributed by atoms with Crippen molar-refractivity contribution in [2.24, 2.45) is 0 Å². The number of rotatable bonds is 4. The normalized spacial score (nSPS) is 11.7. The van der Waals surface area contributed by atoms with E-state index < -0.39 is 10.0 Å². The van der Waals surface area contributed by atoms with Crippen molar-refractivity contribution in [3.8, 4) is 0 Å². The van der Waals surface area contributed by atoms with E-state index in [4.69, 9.17) is 5.11 Å². The molecule has 3 N–H and O–H groups in total. The summed E-state index contributed by atoms with van der Waals surface area (Å²) in [5.74, 6) is 0. The average molecular weight is 303 g/mol. The van der Waals surface area contributed by atoms with Crippen molar-refractivity contribution in [3.63, 3.8) is 0 Å². The molecule has 0 saturated carbocycles. The molecule has 0 radical (unpaired) electrons. The van der Waals surface area contributed by atoms with Crippen LogP contribution in [0.15, 0.2) is 53.7 Å². The van der Waals surface area contributed by atoms with Crippen LogP contribution in [-0.2, 0) is 16.6 Å². The summed E-state index contributed by atoms with van der Waals surface area (Å²) in [7, 11) is -3.72. The van der Waals surface area contributed by atoms with Gasteiger partial charge in [0.15, 0.2) is 0 Å². The maximum absolute atomic E-state index is 12.5. The first kappa shape index (κ1) is 13.6. The van der Waals surface area contributed by atoms with E-state index in [1.165, 1.54) is 6.20 Å². The molecule has 0 saturated heterocycles. The number of sulfonamides is 1. The SMILES string of the molecule is O=S(=O)(Nc1cccc(CO)c1)c1c[nH]c2ncccc12. The highest BCUT2D eigenvalue weighted by Crippen LogP contribution is 2.23. The van der Waals surface area contributed by atoms with Crippen molar-refractivity contribution in [2.45, 2.75) is 11.5 Å². The van der Waals surface area contributed by atoms with Crippen molar-refractivity contribution >= 4 is 26.7 Å². The van der Waals surface area contributed by atoms with Gasteiger partial charge in [0.2, 0.25) is 0 Å². The third kappa shape index (κ3) is 2.61. The molecular formula is C14H13N3O3S. The number of fused-ring (bicyclic) bond motifs is 1. The van der Waals surface area contributed by atoms with Crippen LogP contribution in [0, 0.1) is 0 Å². The summed E-state index contributed by atoms with van der Waals surface area (Å²) in [6.45, 7) is -0.146. The lowest BCUT2D eigenvalue weighted by molar-refractivity contribution is 0.282. The van der Waals surface area contributed by atoms with Crippen LogP contribution in [0.3, 0.4) is 0 Å². The molecule has 1 aromatic carbocycles. The Morgan fingerprint density at radius 3 is 2.90 bits per heavy atom. The quantitative estimate of drug-likeness (QED) is 0.685. The van der Waals surface area contributed by atoms with Gasteiger partial charge < -0.3 is 10.1 Å². The minimum absolute atomic E-state index is 0.139. The van der Waals surface area contributed by atoms with Gasteiger partial charge in [0, 0.05) is 23.5 Å². The summed E-state index contributed by atoms with van der Waals surface area (Å²) >= 11 is 0. The lowest BCUT2D eigenvalue weighted by Gasteiger charge is -2.08. The zero-order chi connectivity index (χ0) is 14.9. The molecule has 7 heteroatoms. The Bertz CT molecular complexity index is 887. The van der Waals surface area contributed by atoms with E-state index >= 15 is 0 Å². The predicted molar refractivity (Wildman–Crippen MR) is 79.3 cm³/mol. The van der Waals surface area contributed by atoms with Gasteiger partial charge in [-0.15, -0.1) is 0 Å². The third-order valence-electron chi connectivity index (χ3n) is 3.06. The smallest absolute Gasteiger partial charge is 0.264 e. The summed E-state index contributed by atoms with van der Waals surface area (Å²) in [5.41, 5.74) is 1.55. The van der Waals surface area contributed by atoms with Crippen molar-refractivity contribution < 1.29 is 13.5 Å². The molecule has 6 nitrogen and oxygen atoms in total. The highest BCUT2D eigenvalue weighted by Gasteiger charge is 2.19. The Morgan fingerprint density at radius 2 is 2.10 bits per heavy atom. The van der Waals surface area contributed by atoms with Crippen LogP contribution >= 0.6 is 0 Å². The first-order valence-electron chi connectivity index (χ1n) is 6.25. The monoisotopic (exact) mass is 303 g/mol. The van der Waals surface area contributed by atoms with Crippen molar-refractivity contribution in [3.05, 3.63) is 54.4 Å². The molecule has 0 aliphatic heterocycles. The van der Waals surface area contributed by atoms with E-state index in [9.17, 15) is 8.42 Å². The number of benzene rings is 1. The largest absolute Gasteiger partial charge is 0.392 e. The van der Waals surface area contributed by atoms with E-state index in [1.807, 2.05) is 0 Å². The molecule has 3 rings (SSSR count). The highest BCUT2D eigenvalue weighted by molar-refractivity contribution is 7.93. The number of anilines is 1. The van der Waals surface area contributed by atoms with Gasteiger partial charge in [0.25, 0.3) is 10.0 Å². The molecule has 2 aromatic heterocycles. The first-order valence-corrected chi connectivity index (χ1v) is 7.73. The average Bonchev–Trinajstić information content (AvgIpc) is 2.92. The Kier molecular flexibility index (Phi) is 3.36. The van der Waals surface area contributed by atoms with Gasteiger partial charge in [0.1, 0.15) is 10.5 Å². The summed E-state index contributed by atoms with van der Waals surface area (Å²) in [6.07, 6.45) is 3.00. The second-order valence-electron chi connectivity index (χ2n) is 4.52. The van der Waals surface area contributed by atoms with Crippen LogP contribution < -0.4 is 4.72 Å². The van der Waals surface area contributed by atoms with Gasteiger partial charge in [-0.3, -0.25) is 4.72 Å². The van der Waals surface area contributed by atoms with Gasteiger partial charge in [0.05, 0.1) is 6.61 Å². The Labute approximate surface area is 121 Å². The van der Waals surface area contributed by atoms with Crippen LogP contribution in [0.4, 0.5) is 5.69 Å². The van der Waals surface area contributed by atoms with Gasteiger partial charge in [-0.25, -0.2) is 13.4 Å². The van der Waals surface area contributed by atoms with E-state index in [2.05, 4.69) is 14.7 Å². The molecule has 0 aliphatic carbocycles. The van der Waals surface area contributed by atoms with Crippen molar-refractivity contribution in [1.82, 2.24) is 9.97 Å². The molecular weight excluding hydrogens is 290 g/mol. The summed E-state index contributed by atoms with van der Waals surface area (Å²) in [6, 6.07) is 9.99. The van der Waals surface area contributed by atoms with Crippen LogP contribution in [-0.4, -0.2) is 23.5 Å². The number of pyridine rings is 1.